The van der Waals surface area contributed by atoms with E-state index in [1.807, 2.05) is 153 Å². The fraction of sp³-hybridized carbons (Fsp3) is 0.591. The van der Waals surface area contributed by atoms with Crippen molar-refractivity contribution in [3.63, 3.8) is 0 Å². The van der Waals surface area contributed by atoms with Gasteiger partial charge in [0.25, 0.3) is 0 Å². The van der Waals surface area contributed by atoms with E-state index in [1.54, 1.807) is 70.5 Å². The largest absolute Gasteiger partial charge is 0.451 e. The van der Waals surface area contributed by atoms with Gasteiger partial charge in [-0.3, -0.25) is 9.78 Å². The third kappa shape index (κ3) is 50.3. The lowest BCUT2D eigenvalue weighted by Crippen LogP contribution is -2.15. The Hall–Kier alpha value is -5.45. The first-order valence-electron chi connectivity index (χ1n) is 30.0. The zero-order valence-corrected chi connectivity index (χ0v) is 59.8. The quantitative estimate of drug-likeness (QED) is 0.142. The summed E-state index contributed by atoms with van der Waals surface area (Å²) in [5.41, 5.74) is 9.86. The first-order chi connectivity index (χ1) is 39.2. The maximum absolute atomic E-state index is 11.0. The van der Waals surface area contributed by atoms with E-state index in [4.69, 9.17) is 13.3 Å². The first-order valence-corrected chi connectivity index (χ1v) is 32.7. The lowest BCUT2D eigenvalue weighted by Gasteiger charge is -2.05. The molecule has 0 spiro atoms. The van der Waals surface area contributed by atoms with Crippen molar-refractivity contribution in [1.29, 1.82) is 0 Å². The number of aromatic nitrogens is 9. The maximum atomic E-state index is 11.0. The second-order valence-corrected chi connectivity index (χ2v) is 20.2. The summed E-state index contributed by atoms with van der Waals surface area (Å²) in [7, 11) is 1.77. The summed E-state index contributed by atoms with van der Waals surface area (Å²) in [4.78, 5) is 35.9. The third-order valence-electron chi connectivity index (χ3n) is 9.23. The molecule has 0 aliphatic heterocycles. The van der Waals surface area contributed by atoms with Crippen molar-refractivity contribution in [2.75, 3.05) is 0 Å². The molecule has 0 radical (unpaired) electrons. The standard InChI is InChI=1S/C9H13NO.C7H10N2.C7H10S.2C6H9NO.2C6H9NS.C5H8N2O.7C2H6/c1-7(2)8-4-5-9(11)10(3)6-8;1-6(2)7-3-8-5-9-4-7;1-6(2)7-3-4-8-5-7;1-5(2)6-3-8-4-7-6;1-5(2)6-3-7-4-8-6;1-5(2)6-3-8-4-7-6;1-5(2)6-3-7-4-8-6;1-4(2)5-7-6-3-8-5;7*1-2/h4-7H,1-3H3;3-6H,1-2H3;3-6H,1-2H3;4*3-5H,1-2H3;3-4H,1-2H3;7*1-2H3. The normalized spacial score (nSPS) is 9.11. The van der Waals surface area contributed by atoms with Gasteiger partial charge in [0.05, 0.1) is 28.6 Å². The molecular formula is C66H119N9O4S3. The van der Waals surface area contributed by atoms with Crippen molar-refractivity contribution in [2.45, 2.75) is 255 Å². The molecule has 0 saturated heterocycles. The molecule has 16 heteroatoms. The Morgan fingerprint density at radius 1 is 0.463 bits per heavy atom. The van der Waals surface area contributed by atoms with E-state index in [1.165, 1.54) is 46.4 Å². The fourth-order valence-electron chi connectivity index (χ4n) is 4.64. The van der Waals surface area contributed by atoms with Crippen LogP contribution in [0.15, 0.2) is 126 Å². The average Bonchev–Trinajstić information content (AvgIpc) is 4.36. The van der Waals surface area contributed by atoms with E-state index in [0.717, 1.165) is 11.5 Å². The molecule has 0 amide bonds. The molecule has 0 bridgehead atoms. The molecule has 8 aromatic rings. The van der Waals surface area contributed by atoms with E-state index in [0.29, 0.717) is 53.2 Å². The molecule has 0 unspecified atom stereocenters. The molecule has 0 atom stereocenters. The Labute approximate surface area is 514 Å². The minimum absolute atomic E-state index is 0.0504. The van der Waals surface area contributed by atoms with Crippen molar-refractivity contribution in [2.24, 2.45) is 7.05 Å². The Kier molecular flexibility index (Phi) is 71.3. The summed E-state index contributed by atoms with van der Waals surface area (Å²) in [5, 5.41) is 13.6. The second kappa shape index (κ2) is 64.7. The number of nitrogens with zero attached hydrogens (tertiary/aromatic N) is 9. The van der Waals surface area contributed by atoms with Gasteiger partial charge in [0.15, 0.2) is 12.8 Å². The van der Waals surface area contributed by atoms with Crippen LogP contribution in [0.3, 0.4) is 0 Å². The number of thiophene rings is 1. The van der Waals surface area contributed by atoms with Crippen molar-refractivity contribution in [3.8, 4) is 0 Å². The highest BCUT2D eigenvalue weighted by molar-refractivity contribution is 7.09. The monoisotopic (exact) mass is 1200 g/mol. The van der Waals surface area contributed by atoms with Crippen LogP contribution in [0.5, 0.6) is 0 Å². The smallest absolute Gasteiger partial charge is 0.250 e. The molecule has 82 heavy (non-hydrogen) atoms. The number of hydrogen-bond donors (Lipinski definition) is 0. The zero-order chi connectivity index (χ0) is 65.0. The van der Waals surface area contributed by atoms with E-state index in [2.05, 4.69) is 159 Å². The van der Waals surface area contributed by atoms with Crippen LogP contribution >= 0.6 is 34.0 Å². The second-order valence-electron chi connectivity index (χ2n) is 17.8. The highest BCUT2D eigenvalue weighted by Gasteiger charge is 2.03. The Morgan fingerprint density at radius 3 is 1.26 bits per heavy atom. The van der Waals surface area contributed by atoms with Gasteiger partial charge in [0, 0.05) is 60.0 Å². The Balaban J connectivity index is -0.000000152. The predicted molar refractivity (Wildman–Crippen MR) is 362 cm³/mol. The molecule has 0 aliphatic rings. The summed E-state index contributed by atoms with van der Waals surface area (Å²) in [6.45, 7) is 61.9. The highest BCUT2D eigenvalue weighted by atomic mass is 32.1. The number of rotatable bonds is 8. The van der Waals surface area contributed by atoms with Gasteiger partial charge in [-0.25, -0.2) is 24.9 Å². The van der Waals surface area contributed by atoms with Gasteiger partial charge >= 0.3 is 0 Å². The number of pyridine rings is 1. The van der Waals surface area contributed by atoms with Gasteiger partial charge in [0.2, 0.25) is 17.8 Å². The summed E-state index contributed by atoms with van der Waals surface area (Å²) < 4.78 is 16.2. The number of hydrogen-bond acceptors (Lipinski definition) is 15. The van der Waals surface area contributed by atoms with Crippen LogP contribution in [0.2, 0.25) is 0 Å². The molecule has 0 N–H and O–H groups in total. The van der Waals surface area contributed by atoms with Crippen LogP contribution in [0.25, 0.3) is 0 Å². The summed E-state index contributed by atoms with van der Waals surface area (Å²) in [5.74, 6) is 5.87. The van der Waals surface area contributed by atoms with Crippen molar-refractivity contribution in [1.82, 2.24) is 44.7 Å². The van der Waals surface area contributed by atoms with Crippen LogP contribution < -0.4 is 5.56 Å². The third-order valence-corrected chi connectivity index (χ3v) is 11.6. The number of thiazole rings is 2. The van der Waals surface area contributed by atoms with Crippen LogP contribution in [0.4, 0.5) is 0 Å². The zero-order valence-electron chi connectivity index (χ0n) is 57.4. The Bertz CT molecular complexity index is 2050. The van der Waals surface area contributed by atoms with Crippen molar-refractivity contribution < 1.29 is 13.3 Å². The summed E-state index contributed by atoms with van der Waals surface area (Å²) in [6, 6.07) is 5.66. The SMILES string of the molecule is CC.CC.CC.CC.CC.CC.CC.CC(C)c1ccc(=O)n(C)c1.CC(C)c1ccsc1.CC(C)c1cncnc1.CC(C)c1cnco1.CC(C)c1cncs1.CC(C)c1cocn1.CC(C)c1cscn1.CC(C)c1nnco1. The molecule has 0 aliphatic carbocycles. The van der Waals surface area contributed by atoms with E-state index in [-0.39, 0.29) is 5.56 Å². The Morgan fingerprint density at radius 2 is 1.01 bits per heavy atom. The number of oxazole rings is 2. The van der Waals surface area contributed by atoms with Gasteiger partial charge in [-0.2, -0.15) is 11.3 Å². The van der Waals surface area contributed by atoms with E-state index < -0.39 is 0 Å². The van der Waals surface area contributed by atoms with Crippen LogP contribution in [0.1, 0.15) is 300 Å². The molecule has 470 valence electrons. The molecular weight excluding hydrogens is 1080 g/mol. The fourth-order valence-corrected chi connectivity index (χ4v) is 6.81. The van der Waals surface area contributed by atoms with Gasteiger partial charge in [-0.1, -0.05) is 214 Å². The van der Waals surface area contributed by atoms with Crippen LogP contribution in [0, 0.1) is 0 Å². The molecule has 13 nitrogen and oxygen atoms in total. The molecule has 0 saturated carbocycles. The van der Waals surface area contributed by atoms with Gasteiger partial charge in [-0.05, 0) is 69.0 Å². The minimum Gasteiger partial charge on any atom is -0.451 e. The number of aryl methyl sites for hydroxylation is 1. The molecule has 8 aromatic heterocycles. The van der Waals surface area contributed by atoms with Crippen molar-refractivity contribution >= 4 is 34.0 Å². The predicted octanol–water partition coefficient (Wildman–Crippen LogP) is 22.5. The molecule has 0 aromatic carbocycles. The molecule has 8 heterocycles. The van der Waals surface area contributed by atoms with E-state index >= 15 is 0 Å². The minimum atomic E-state index is 0.0504. The first kappa shape index (κ1) is 90.3. The highest BCUT2D eigenvalue weighted by Crippen LogP contribution is 2.18. The molecule has 0 fully saturated rings. The lowest BCUT2D eigenvalue weighted by molar-refractivity contribution is 0.470. The average molecular weight is 1200 g/mol. The molecule has 8 rings (SSSR count). The summed E-state index contributed by atoms with van der Waals surface area (Å²) in [6.07, 6.45) is 16.7. The van der Waals surface area contributed by atoms with Crippen LogP contribution in [-0.2, 0) is 7.05 Å². The van der Waals surface area contributed by atoms with Gasteiger partial charge in [0.1, 0.15) is 18.4 Å². The lowest BCUT2D eigenvalue weighted by atomic mass is 10.1. The van der Waals surface area contributed by atoms with Crippen LogP contribution in [-0.4, -0.2) is 44.7 Å². The van der Waals surface area contributed by atoms with Crippen molar-refractivity contribution in [3.05, 3.63) is 163 Å². The summed E-state index contributed by atoms with van der Waals surface area (Å²) >= 11 is 5.14. The van der Waals surface area contributed by atoms with Gasteiger partial charge < -0.3 is 17.8 Å². The van der Waals surface area contributed by atoms with E-state index in [9.17, 15) is 4.79 Å². The van der Waals surface area contributed by atoms with Gasteiger partial charge in [-0.15, -0.1) is 32.9 Å². The topological polar surface area (TPSA) is 165 Å². The maximum Gasteiger partial charge on any atom is 0.250 e.